The Hall–Kier alpha value is -2.08. The molecule has 142 valence electrons. The fraction of sp³-hybridized carbons (Fsp3) is 0.600. The van der Waals surface area contributed by atoms with E-state index in [0.717, 1.165) is 18.4 Å². The van der Waals surface area contributed by atoms with Crippen LogP contribution in [0.1, 0.15) is 39.2 Å². The number of carbonyl (C=O) groups is 2. The standard InChI is InChI=1S/C20H29N3O3/c1-20(2,3)26-19(25)22-12-11-21-17(14-22)18(24)23(16-9-10-16)13-15-7-5-4-6-8-15/h4-8,16-17,21H,9-14H2,1-3H3. The number of amides is 2. The molecule has 1 aliphatic carbocycles. The summed E-state index contributed by atoms with van der Waals surface area (Å²) >= 11 is 0. The number of piperazine rings is 1. The zero-order chi connectivity index (χ0) is 18.7. The van der Waals surface area contributed by atoms with E-state index in [1.165, 1.54) is 0 Å². The molecule has 1 saturated heterocycles. The quantitative estimate of drug-likeness (QED) is 0.897. The molecule has 2 fully saturated rings. The minimum Gasteiger partial charge on any atom is -0.444 e. The molecule has 0 radical (unpaired) electrons. The average Bonchev–Trinajstić information content (AvgIpc) is 3.43. The first-order valence-corrected chi connectivity index (χ1v) is 9.39. The van der Waals surface area contributed by atoms with E-state index < -0.39 is 5.60 Å². The summed E-state index contributed by atoms with van der Waals surface area (Å²) in [6, 6.07) is 10.0. The predicted octanol–water partition coefficient (Wildman–Crippen LogP) is 2.39. The summed E-state index contributed by atoms with van der Waals surface area (Å²) in [6.07, 6.45) is 1.76. The summed E-state index contributed by atoms with van der Waals surface area (Å²) in [5.74, 6) is 0.0737. The van der Waals surface area contributed by atoms with Crippen LogP contribution in [0.15, 0.2) is 30.3 Å². The van der Waals surface area contributed by atoms with Crippen molar-refractivity contribution >= 4 is 12.0 Å². The maximum atomic E-state index is 13.1. The number of carbonyl (C=O) groups excluding carboxylic acids is 2. The first-order chi connectivity index (χ1) is 12.3. The molecule has 0 spiro atoms. The lowest BCUT2D eigenvalue weighted by atomic mass is 10.1. The molecule has 1 aromatic carbocycles. The third-order valence-corrected chi connectivity index (χ3v) is 4.59. The van der Waals surface area contributed by atoms with Crippen LogP contribution in [0, 0.1) is 0 Å². The van der Waals surface area contributed by atoms with Crippen LogP contribution >= 0.6 is 0 Å². The first-order valence-electron chi connectivity index (χ1n) is 9.39. The molecule has 1 atom stereocenters. The molecule has 2 amide bonds. The Morgan fingerprint density at radius 1 is 1.23 bits per heavy atom. The second kappa shape index (κ2) is 7.66. The summed E-state index contributed by atoms with van der Waals surface area (Å²) in [4.78, 5) is 29.1. The Balaban J connectivity index is 1.64. The van der Waals surface area contributed by atoms with E-state index in [2.05, 4.69) is 5.32 Å². The SMILES string of the molecule is CC(C)(C)OC(=O)N1CCNC(C(=O)N(Cc2ccccc2)C2CC2)C1. The third-order valence-electron chi connectivity index (χ3n) is 4.59. The van der Waals surface area contributed by atoms with Crippen LogP contribution in [-0.4, -0.2) is 59.1 Å². The van der Waals surface area contributed by atoms with Crippen LogP contribution in [0.5, 0.6) is 0 Å². The number of ether oxygens (including phenoxy) is 1. The largest absolute Gasteiger partial charge is 0.444 e. The van der Waals surface area contributed by atoms with Gasteiger partial charge in [-0.1, -0.05) is 30.3 Å². The average molecular weight is 359 g/mol. The topological polar surface area (TPSA) is 61.9 Å². The summed E-state index contributed by atoms with van der Waals surface area (Å²) in [7, 11) is 0. The van der Waals surface area contributed by atoms with Gasteiger partial charge in [0, 0.05) is 32.2 Å². The number of nitrogens with one attached hydrogen (secondary N) is 1. The zero-order valence-electron chi connectivity index (χ0n) is 15.9. The van der Waals surface area contributed by atoms with Crippen molar-refractivity contribution in [2.75, 3.05) is 19.6 Å². The number of nitrogens with zero attached hydrogens (tertiary/aromatic N) is 2. The van der Waals surface area contributed by atoms with Crippen molar-refractivity contribution < 1.29 is 14.3 Å². The molecule has 0 bridgehead atoms. The van der Waals surface area contributed by atoms with E-state index in [-0.39, 0.29) is 18.0 Å². The highest BCUT2D eigenvalue weighted by Gasteiger charge is 2.38. The van der Waals surface area contributed by atoms with Gasteiger partial charge in [-0.2, -0.15) is 0 Å². The minimum absolute atomic E-state index is 0.0737. The highest BCUT2D eigenvalue weighted by atomic mass is 16.6. The Labute approximate surface area is 155 Å². The van der Waals surface area contributed by atoms with Gasteiger partial charge in [0.2, 0.25) is 5.91 Å². The van der Waals surface area contributed by atoms with Crippen LogP contribution in [0.3, 0.4) is 0 Å². The van der Waals surface area contributed by atoms with E-state index in [1.54, 1.807) is 4.90 Å². The van der Waals surface area contributed by atoms with Gasteiger partial charge >= 0.3 is 6.09 Å². The molecule has 3 rings (SSSR count). The molecule has 0 aromatic heterocycles. The van der Waals surface area contributed by atoms with Gasteiger partial charge in [0.25, 0.3) is 0 Å². The van der Waals surface area contributed by atoms with E-state index in [1.807, 2.05) is 56.0 Å². The van der Waals surface area contributed by atoms with Gasteiger partial charge in [-0.3, -0.25) is 4.79 Å². The van der Waals surface area contributed by atoms with Gasteiger partial charge in [-0.05, 0) is 39.2 Å². The van der Waals surface area contributed by atoms with E-state index in [4.69, 9.17) is 4.74 Å². The van der Waals surface area contributed by atoms with E-state index in [9.17, 15) is 9.59 Å². The van der Waals surface area contributed by atoms with Gasteiger partial charge in [0.05, 0.1) is 0 Å². The Kier molecular flexibility index (Phi) is 5.51. The highest BCUT2D eigenvalue weighted by Crippen LogP contribution is 2.29. The Morgan fingerprint density at radius 2 is 1.92 bits per heavy atom. The van der Waals surface area contributed by atoms with Crippen molar-refractivity contribution in [1.29, 1.82) is 0 Å². The lowest BCUT2D eigenvalue weighted by molar-refractivity contribution is -0.135. The molecule has 6 heteroatoms. The molecule has 1 aliphatic heterocycles. The molecular weight excluding hydrogens is 330 g/mol. The molecule has 1 aromatic rings. The van der Waals surface area contributed by atoms with Crippen LogP contribution < -0.4 is 5.32 Å². The van der Waals surface area contributed by atoms with Crippen molar-refractivity contribution in [3.05, 3.63) is 35.9 Å². The summed E-state index contributed by atoms with van der Waals surface area (Å²) in [5.41, 5.74) is 0.599. The molecule has 1 saturated carbocycles. The number of rotatable bonds is 4. The summed E-state index contributed by atoms with van der Waals surface area (Å²) in [6.45, 7) is 7.68. The molecule has 1 N–H and O–H groups in total. The molecule has 6 nitrogen and oxygen atoms in total. The maximum absolute atomic E-state index is 13.1. The fourth-order valence-electron chi connectivity index (χ4n) is 3.16. The van der Waals surface area contributed by atoms with Crippen molar-refractivity contribution in [2.24, 2.45) is 0 Å². The normalized spacial score (nSPS) is 20.6. The molecule has 2 aliphatic rings. The van der Waals surface area contributed by atoms with Crippen LogP contribution in [0.25, 0.3) is 0 Å². The van der Waals surface area contributed by atoms with Gasteiger partial charge in [0.1, 0.15) is 11.6 Å². The van der Waals surface area contributed by atoms with Crippen LogP contribution in [0.4, 0.5) is 4.79 Å². The Morgan fingerprint density at radius 3 is 2.54 bits per heavy atom. The van der Waals surface area contributed by atoms with Crippen molar-refractivity contribution in [3.8, 4) is 0 Å². The zero-order valence-corrected chi connectivity index (χ0v) is 15.9. The lowest BCUT2D eigenvalue weighted by Crippen LogP contribution is -2.59. The summed E-state index contributed by atoms with van der Waals surface area (Å²) < 4.78 is 5.46. The molecule has 1 heterocycles. The monoisotopic (exact) mass is 359 g/mol. The maximum Gasteiger partial charge on any atom is 0.410 e. The van der Waals surface area contributed by atoms with Crippen molar-refractivity contribution in [1.82, 2.24) is 15.1 Å². The second-order valence-electron chi connectivity index (χ2n) is 8.12. The van der Waals surface area contributed by atoms with Crippen molar-refractivity contribution in [2.45, 2.75) is 57.8 Å². The van der Waals surface area contributed by atoms with Gasteiger partial charge in [-0.15, -0.1) is 0 Å². The molecular formula is C20H29N3O3. The van der Waals surface area contributed by atoms with E-state index in [0.29, 0.717) is 32.2 Å². The van der Waals surface area contributed by atoms with Crippen LogP contribution in [0.2, 0.25) is 0 Å². The highest BCUT2D eigenvalue weighted by molar-refractivity contribution is 5.83. The number of hydrogen-bond donors (Lipinski definition) is 1. The Bertz CT molecular complexity index is 637. The first kappa shape index (κ1) is 18.7. The minimum atomic E-state index is -0.533. The number of benzene rings is 1. The number of hydrogen-bond acceptors (Lipinski definition) is 4. The predicted molar refractivity (Wildman–Crippen MR) is 99.6 cm³/mol. The smallest absolute Gasteiger partial charge is 0.410 e. The van der Waals surface area contributed by atoms with Gasteiger partial charge < -0.3 is 19.9 Å². The molecule has 1 unspecified atom stereocenters. The summed E-state index contributed by atoms with van der Waals surface area (Å²) in [5, 5.41) is 3.27. The lowest BCUT2D eigenvalue weighted by Gasteiger charge is -2.36. The van der Waals surface area contributed by atoms with Crippen molar-refractivity contribution in [3.63, 3.8) is 0 Å². The molecule has 26 heavy (non-hydrogen) atoms. The van der Waals surface area contributed by atoms with Crippen LogP contribution in [-0.2, 0) is 16.1 Å². The second-order valence-corrected chi connectivity index (χ2v) is 8.12. The third kappa shape index (κ3) is 4.97. The fourth-order valence-corrected chi connectivity index (χ4v) is 3.16. The van der Waals surface area contributed by atoms with Gasteiger partial charge in [-0.25, -0.2) is 4.79 Å². The van der Waals surface area contributed by atoms with E-state index >= 15 is 0 Å². The van der Waals surface area contributed by atoms with Gasteiger partial charge in [0.15, 0.2) is 0 Å².